The van der Waals surface area contributed by atoms with Gasteiger partial charge in [-0.15, -0.1) is 0 Å². The lowest BCUT2D eigenvalue weighted by molar-refractivity contribution is 0.617. The maximum absolute atomic E-state index is 13.9. The molecule has 0 radical (unpaired) electrons. The van der Waals surface area contributed by atoms with Crippen LogP contribution in [0, 0.1) is 12.7 Å². The summed E-state index contributed by atoms with van der Waals surface area (Å²) in [6, 6.07) is 5.56. The first-order chi connectivity index (χ1) is 14.8. The molecule has 8 nitrogen and oxygen atoms in total. The number of halogens is 3. The molecule has 31 heavy (non-hydrogen) atoms. The molecule has 0 aliphatic heterocycles. The average molecular weight is 460 g/mol. The molecule has 4 rings (SSSR count). The molecule has 1 atom stereocenters. The lowest BCUT2D eigenvalue weighted by atomic mass is 10.2. The van der Waals surface area contributed by atoms with Gasteiger partial charge in [0.1, 0.15) is 28.3 Å². The lowest BCUT2D eigenvalue weighted by Crippen LogP contribution is -2.28. The number of pyridine rings is 1. The van der Waals surface area contributed by atoms with Crippen molar-refractivity contribution in [2.24, 2.45) is 0 Å². The predicted molar refractivity (Wildman–Crippen MR) is 118 cm³/mol. The Morgan fingerprint density at radius 1 is 1.19 bits per heavy atom. The van der Waals surface area contributed by atoms with Crippen LogP contribution in [0.2, 0.25) is 10.0 Å². The summed E-state index contributed by atoms with van der Waals surface area (Å²) in [4.78, 5) is 30.2. The van der Waals surface area contributed by atoms with E-state index in [0.29, 0.717) is 11.3 Å². The van der Waals surface area contributed by atoms with Gasteiger partial charge in [-0.3, -0.25) is 14.3 Å². The van der Waals surface area contributed by atoms with Crippen LogP contribution in [0.4, 0.5) is 16.0 Å². The molecule has 0 saturated carbocycles. The van der Waals surface area contributed by atoms with Crippen molar-refractivity contribution in [3.63, 3.8) is 0 Å². The maximum Gasteiger partial charge on any atom is 0.267 e. The molecule has 4 aromatic rings. The Hall–Kier alpha value is -3.30. The monoisotopic (exact) mass is 459 g/mol. The fourth-order valence-electron chi connectivity index (χ4n) is 3.22. The van der Waals surface area contributed by atoms with E-state index in [1.165, 1.54) is 16.8 Å². The van der Waals surface area contributed by atoms with Crippen molar-refractivity contribution in [1.82, 2.24) is 24.5 Å². The number of hydrogen-bond acceptors (Lipinski definition) is 7. The largest absolute Gasteiger partial charge is 0.382 e. The number of aromatic nitrogens is 5. The van der Waals surface area contributed by atoms with Crippen molar-refractivity contribution in [2.75, 3.05) is 11.1 Å². The second kappa shape index (κ2) is 8.09. The van der Waals surface area contributed by atoms with Crippen molar-refractivity contribution >= 4 is 45.7 Å². The Balaban J connectivity index is 1.94. The van der Waals surface area contributed by atoms with Crippen molar-refractivity contribution in [1.29, 1.82) is 0 Å². The van der Waals surface area contributed by atoms with E-state index in [1.54, 1.807) is 32.0 Å². The smallest absolute Gasteiger partial charge is 0.267 e. The summed E-state index contributed by atoms with van der Waals surface area (Å²) < 4.78 is 15.2. The summed E-state index contributed by atoms with van der Waals surface area (Å²) in [5, 5.41) is 3.70. The SMILES string of the molecule is Cc1nc(N)c(Cl)c(N[C@@H](C)c2nc3cccc(Cl)c3c(=O)n2-c2cncc(F)c2)n1. The average Bonchev–Trinajstić information content (AvgIpc) is 2.71. The predicted octanol–water partition coefficient (Wildman–Crippen LogP) is 4.08. The fourth-order valence-corrected chi connectivity index (χ4v) is 3.61. The van der Waals surface area contributed by atoms with Crippen molar-refractivity contribution in [3.05, 3.63) is 74.5 Å². The third kappa shape index (κ3) is 3.89. The second-order valence-corrected chi connectivity index (χ2v) is 7.58. The maximum atomic E-state index is 13.9. The van der Waals surface area contributed by atoms with Gasteiger partial charge in [0.25, 0.3) is 5.56 Å². The molecule has 1 aromatic carbocycles. The summed E-state index contributed by atoms with van der Waals surface area (Å²) in [7, 11) is 0. The highest BCUT2D eigenvalue weighted by molar-refractivity contribution is 6.35. The molecule has 158 valence electrons. The van der Waals surface area contributed by atoms with Gasteiger partial charge in [0.05, 0.1) is 40.0 Å². The highest BCUT2D eigenvalue weighted by Crippen LogP contribution is 2.29. The molecule has 0 aliphatic carbocycles. The quantitative estimate of drug-likeness (QED) is 0.472. The minimum atomic E-state index is -0.600. The van der Waals surface area contributed by atoms with E-state index < -0.39 is 17.4 Å². The molecular weight excluding hydrogens is 444 g/mol. The Kier molecular flexibility index (Phi) is 5.47. The van der Waals surface area contributed by atoms with Crippen LogP contribution in [-0.2, 0) is 0 Å². The van der Waals surface area contributed by atoms with E-state index >= 15 is 0 Å². The van der Waals surface area contributed by atoms with Crippen LogP contribution >= 0.6 is 23.2 Å². The van der Waals surface area contributed by atoms with E-state index in [2.05, 4.69) is 25.3 Å². The number of nitrogens with zero attached hydrogens (tertiary/aromatic N) is 5. The number of nitrogens with two attached hydrogens (primary N) is 1. The molecular formula is C20H16Cl2FN7O. The zero-order valence-electron chi connectivity index (χ0n) is 16.4. The van der Waals surface area contributed by atoms with Gasteiger partial charge in [-0.05, 0) is 26.0 Å². The van der Waals surface area contributed by atoms with E-state index in [0.717, 1.165) is 6.20 Å². The van der Waals surface area contributed by atoms with Crippen molar-refractivity contribution in [2.45, 2.75) is 19.9 Å². The van der Waals surface area contributed by atoms with E-state index in [4.69, 9.17) is 28.9 Å². The molecule has 3 aromatic heterocycles. The molecule has 0 bridgehead atoms. The summed E-state index contributed by atoms with van der Waals surface area (Å²) in [5.41, 5.74) is 5.96. The fraction of sp³-hybridized carbons (Fsp3) is 0.150. The minimum absolute atomic E-state index is 0.119. The molecule has 0 saturated heterocycles. The second-order valence-electron chi connectivity index (χ2n) is 6.79. The van der Waals surface area contributed by atoms with Gasteiger partial charge in [0, 0.05) is 6.07 Å². The normalized spacial score (nSPS) is 12.2. The van der Waals surface area contributed by atoms with Gasteiger partial charge in [-0.1, -0.05) is 29.3 Å². The lowest BCUT2D eigenvalue weighted by Gasteiger charge is -2.21. The first kappa shape index (κ1) is 21.0. The number of aryl methyl sites for hydroxylation is 1. The van der Waals surface area contributed by atoms with E-state index in [1.807, 2.05) is 0 Å². The summed E-state index contributed by atoms with van der Waals surface area (Å²) in [5.74, 6) is 0.495. The van der Waals surface area contributed by atoms with Crippen LogP contribution in [0.15, 0.2) is 41.5 Å². The number of fused-ring (bicyclic) bond motifs is 1. The van der Waals surface area contributed by atoms with Crippen LogP contribution in [0.3, 0.4) is 0 Å². The standard InChI is InChI=1S/C20H16Cl2FN7O/c1-9(26-18-16(22)17(24)27-10(2)28-18)19-29-14-5-3-4-13(21)15(14)20(31)30(19)12-6-11(23)7-25-8-12/h3-9H,1-2H3,(H3,24,26,27,28)/t9-/m0/s1. The Bertz CT molecular complexity index is 1380. The number of nitrogens with one attached hydrogen (secondary N) is 1. The minimum Gasteiger partial charge on any atom is -0.382 e. The summed E-state index contributed by atoms with van der Waals surface area (Å²) >= 11 is 12.5. The van der Waals surface area contributed by atoms with Gasteiger partial charge in [0.2, 0.25) is 0 Å². The number of nitrogen functional groups attached to an aromatic ring is 1. The van der Waals surface area contributed by atoms with Gasteiger partial charge < -0.3 is 11.1 Å². The molecule has 0 spiro atoms. The molecule has 0 aliphatic rings. The summed E-state index contributed by atoms with van der Waals surface area (Å²) in [6.45, 7) is 3.43. The first-order valence-corrected chi connectivity index (χ1v) is 9.90. The molecule has 0 amide bonds. The topological polar surface area (TPSA) is 112 Å². The van der Waals surface area contributed by atoms with E-state index in [9.17, 15) is 9.18 Å². The van der Waals surface area contributed by atoms with Crippen LogP contribution in [-0.4, -0.2) is 24.5 Å². The molecule has 3 heterocycles. The van der Waals surface area contributed by atoms with Gasteiger partial charge in [-0.25, -0.2) is 19.3 Å². The molecule has 0 fully saturated rings. The number of anilines is 2. The Morgan fingerprint density at radius 3 is 2.71 bits per heavy atom. The van der Waals surface area contributed by atoms with Gasteiger partial charge in [-0.2, -0.15) is 0 Å². The Morgan fingerprint density at radius 2 is 1.97 bits per heavy atom. The molecule has 3 N–H and O–H groups in total. The Labute approximate surface area is 185 Å². The number of hydrogen-bond donors (Lipinski definition) is 2. The van der Waals surface area contributed by atoms with Crippen LogP contribution < -0.4 is 16.6 Å². The van der Waals surface area contributed by atoms with Crippen molar-refractivity contribution < 1.29 is 4.39 Å². The van der Waals surface area contributed by atoms with Gasteiger partial charge in [0.15, 0.2) is 5.82 Å². The third-order valence-corrected chi connectivity index (χ3v) is 5.24. The van der Waals surface area contributed by atoms with Crippen LogP contribution in [0.1, 0.15) is 24.6 Å². The number of benzene rings is 1. The zero-order chi connectivity index (χ0) is 22.3. The highest BCUT2D eigenvalue weighted by atomic mass is 35.5. The van der Waals surface area contributed by atoms with Crippen LogP contribution in [0.25, 0.3) is 16.6 Å². The zero-order valence-corrected chi connectivity index (χ0v) is 17.9. The van der Waals surface area contributed by atoms with Gasteiger partial charge >= 0.3 is 0 Å². The van der Waals surface area contributed by atoms with Crippen molar-refractivity contribution in [3.8, 4) is 5.69 Å². The first-order valence-electron chi connectivity index (χ1n) is 9.14. The molecule has 0 unspecified atom stereocenters. The molecule has 11 heteroatoms. The third-order valence-electron chi connectivity index (χ3n) is 4.55. The summed E-state index contributed by atoms with van der Waals surface area (Å²) in [6.07, 6.45) is 2.41. The van der Waals surface area contributed by atoms with E-state index in [-0.39, 0.29) is 38.6 Å². The number of rotatable bonds is 4. The highest BCUT2D eigenvalue weighted by Gasteiger charge is 2.21. The van der Waals surface area contributed by atoms with Crippen LogP contribution in [0.5, 0.6) is 0 Å².